The van der Waals surface area contributed by atoms with Gasteiger partial charge in [-0.3, -0.25) is 0 Å². The fourth-order valence-electron chi connectivity index (χ4n) is 0.0842. The van der Waals surface area contributed by atoms with E-state index in [1.54, 1.807) is 6.07 Å². The van der Waals surface area contributed by atoms with Crippen molar-refractivity contribution >= 4 is 0 Å². The fourth-order valence-corrected chi connectivity index (χ4v) is 0.0842. The van der Waals surface area contributed by atoms with Crippen LogP contribution in [0.25, 0.3) is 0 Å². The monoisotopic (exact) mass is 89.0 g/mol. The van der Waals surface area contributed by atoms with E-state index in [-0.39, 0.29) is 6.61 Å². The van der Waals surface area contributed by atoms with Crippen molar-refractivity contribution in [2.75, 3.05) is 13.5 Å². The Hall–Kier alpha value is -0.620. The van der Waals surface area contributed by atoms with Crippen molar-refractivity contribution in [2.45, 2.75) is 0 Å². The summed E-state index contributed by atoms with van der Waals surface area (Å²) in [5, 5.41) is 7.66. The first-order valence-corrected chi connectivity index (χ1v) is 1.42. The molecule has 3 heteroatoms. The molecule has 0 bridgehead atoms. The van der Waals surface area contributed by atoms with E-state index in [1.807, 2.05) is 0 Å². The average molecular weight is 89.1 g/mol. The number of rotatable bonds is 2. The van der Waals surface area contributed by atoms with Gasteiger partial charge in [-0.2, -0.15) is 5.26 Å². The zero-order chi connectivity index (χ0) is 4.83. The van der Waals surface area contributed by atoms with Crippen molar-refractivity contribution in [3.05, 3.63) is 0 Å². The van der Waals surface area contributed by atoms with Gasteiger partial charge in [0.2, 0.25) is 0 Å². The van der Waals surface area contributed by atoms with Crippen LogP contribution in [0, 0.1) is 11.3 Å². The average Bonchev–Trinajstić information content (AvgIpc) is 1.61. The molecule has 0 amide bonds. The van der Waals surface area contributed by atoms with Crippen LogP contribution in [0.3, 0.4) is 0 Å². The van der Waals surface area contributed by atoms with E-state index in [2.05, 4.69) is 4.74 Å². The third-order valence-corrected chi connectivity index (χ3v) is 0.244. The van der Waals surface area contributed by atoms with Gasteiger partial charge in [0.1, 0.15) is 6.61 Å². The summed E-state index contributed by atoms with van der Waals surface area (Å²) in [7, 11) is 0. The van der Waals surface area contributed by atoms with Gasteiger partial charge in [0.25, 0.3) is 0 Å². The maximum absolute atomic E-state index is 10.8. The highest BCUT2D eigenvalue weighted by molar-refractivity contribution is 4.65. The highest BCUT2D eigenvalue weighted by Gasteiger charge is 1.73. The van der Waals surface area contributed by atoms with E-state index in [4.69, 9.17) is 5.26 Å². The van der Waals surface area contributed by atoms with E-state index in [0.29, 0.717) is 0 Å². The molecule has 0 aliphatic rings. The third-order valence-electron chi connectivity index (χ3n) is 0.244. The lowest BCUT2D eigenvalue weighted by molar-refractivity contribution is 0.0804. The van der Waals surface area contributed by atoms with Crippen molar-refractivity contribution in [1.29, 1.82) is 5.26 Å². The first-order valence-electron chi connectivity index (χ1n) is 1.42. The molecular formula is C3H4FNO. The smallest absolute Gasteiger partial charge is 0.189 e. The number of hydrogen-bond donors (Lipinski definition) is 0. The van der Waals surface area contributed by atoms with Crippen LogP contribution in [-0.2, 0) is 4.74 Å². The van der Waals surface area contributed by atoms with Crippen LogP contribution < -0.4 is 0 Å². The van der Waals surface area contributed by atoms with Gasteiger partial charge in [-0.05, 0) is 0 Å². The largest absolute Gasteiger partial charge is 0.336 e. The van der Waals surface area contributed by atoms with Crippen LogP contribution in [0.4, 0.5) is 4.39 Å². The van der Waals surface area contributed by atoms with Gasteiger partial charge in [0.05, 0.1) is 6.07 Å². The van der Waals surface area contributed by atoms with Crippen molar-refractivity contribution in [3.8, 4) is 6.07 Å². The summed E-state index contributed by atoms with van der Waals surface area (Å²) >= 11 is 0. The van der Waals surface area contributed by atoms with Gasteiger partial charge in [-0.15, -0.1) is 0 Å². The molecule has 2 nitrogen and oxygen atoms in total. The highest BCUT2D eigenvalue weighted by Crippen LogP contribution is 1.68. The second kappa shape index (κ2) is 4.38. The normalized spacial score (nSPS) is 7.33. The summed E-state index contributed by atoms with van der Waals surface area (Å²) < 4.78 is 14.8. The summed E-state index contributed by atoms with van der Waals surface area (Å²) in [6, 6.07) is 1.61. The van der Waals surface area contributed by atoms with E-state index in [1.165, 1.54) is 0 Å². The van der Waals surface area contributed by atoms with Crippen molar-refractivity contribution in [1.82, 2.24) is 0 Å². The van der Waals surface area contributed by atoms with Crippen LogP contribution in [0.1, 0.15) is 0 Å². The molecule has 0 fully saturated rings. The molecule has 0 aromatic carbocycles. The second-order valence-electron chi connectivity index (χ2n) is 0.616. The molecule has 0 N–H and O–H groups in total. The predicted octanol–water partition coefficient (Wildman–Crippen LogP) is 0.454. The van der Waals surface area contributed by atoms with Gasteiger partial charge in [0.15, 0.2) is 6.86 Å². The van der Waals surface area contributed by atoms with Gasteiger partial charge in [-0.1, -0.05) is 0 Å². The number of ether oxygens (including phenoxy) is 1. The van der Waals surface area contributed by atoms with Crippen molar-refractivity contribution in [3.63, 3.8) is 0 Å². The lowest BCUT2D eigenvalue weighted by atomic mass is 10.8. The number of halogens is 1. The molecule has 0 aliphatic heterocycles. The maximum atomic E-state index is 10.8. The molecule has 6 heavy (non-hydrogen) atoms. The molecule has 34 valence electrons. The molecule has 0 unspecified atom stereocenters. The number of nitriles is 1. The highest BCUT2D eigenvalue weighted by atomic mass is 19.1. The summed E-state index contributed by atoms with van der Waals surface area (Å²) in [4.78, 5) is 0. The van der Waals surface area contributed by atoms with Gasteiger partial charge < -0.3 is 4.74 Å². The van der Waals surface area contributed by atoms with Crippen LogP contribution >= 0.6 is 0 Å². The standard InChI is InChI=1S/C3H4FNO/c4-3-6-2-1-5/h2-3H2. The molecule has 0 saturated heterocycles. The predicted molar refractivity (Wildman–Crippen MR) is 17.5 cm³/mol. The fraction of sp³-hybridized carbons (Fsp3) is 0.667. The molecule has 0 atom stereocenters. The van der Waals surface area contributed by atoms with Crippen LogP contribution in [0.2, 0.25) is 0 Å². The van der Waals surface area contributed by atoms with Crippen LogP contribution in [-0.4, -0.2) is 13.5 Å². The Labute approximate surface area is 35.1 Å². The Morgan fingerprint density at radius 3 is 2.67 bits per heavy atom. The Bertz CT molecular complexity index is 58.3. The Morgan fingerprint density at radius 1 is 1.83 bits per heavy atom. The van der Waals surface area contributed by atoms with Crippen molar-refractivity contribution in [2.24, 2.45) is 0 Å². The Morgan fingerprint density at radius 2 is 2.50 bits per heavy atom. The molecular weight excluding hydrogens is 85.0 g/mol. The third kappa shape index (κ3) is 3.38. The number of nitrogens with zero attached hydrogens (tertiary/aromatic N) is 1. The van der Waals surface area contributed by atoms with Crippen LogP contribution in [0.5, 0.6) is 0 Å². The molecule has 0 aliphatic carbocycles. The van der Waals surface area contributed by atoms with E-state index in [9.17, 15) is 4.39 Å². The number of alkyl halides is 1. The SMILES string of the molecule is N#CCOCF. The molecule has 0 radical (unpaired) electrons. The zero-order valence-corrected chi connectivity index (χ0v) is 3.15. The second-order valence-corrected chi connectivity index (χ2v) is 0.616. The van der Waals surface area contributed by atoms with E-state index < -0.39 is 6.86 Å². The minimum Gasteiger partial charge on any atom is -0.336 e. The Balaban J connectivity index is 2.54. The number of hydrogen-bond acceptors (Lipinski definition) is 2. The lowest BCUT2D eigenvalue weighted by Crippen LogP contribution is -1.85. The van der Waals surface area contributed by atoms with Gasteiger partial charge in [-0.25, -0.2) is 4.39 Å². The van der Waals surface area contributed by atoms with Gasteiger partial charge >= 0.3 is 0 Å². The van der Waals surface area contributed by atoms with Crippen molar-refractivity contribution < 1.29 is 9.13 Å². The molecule has 0 aromatic heterocycles. The summed E-state index contributed by atoms with van der Waals surface area (Å²) in [6.07, 6.45) is 0. The minimum absolute atomic E-state index is 0.156. The summed E-state index contributed by atoms with van der Waals surface area (Å²) in [6.45, 7) is -1.02. The first-order chi connectivity index (χ1) is 2.91. The zero-order valence-electron chi connectivity index (χ0n) is 3.15. The van der Waals surface area contributed by atoms with E-state index >= 15 is 0 Å². The summed E-state index contributed by atoms with van der Waals surface area (Å²) in [5.74, 6) is 0. The molecule has 0 aromatic rings. The quantitative estimate of drug-likeness (QED) is 0.460. The molecule has 0 rings (SSSR count). The van der Waals surface area contributed by atoms with Crippen LogP contribution in [0.15, 0.2) is 0 Å². The minimum atomic E-state index is -0.867. The Kier molecular flexibility index (Phi) is 3.93. The molecule has 0 spiro atoms. The topological polar surface area (TPSA) is 33.0 Å². The molecule has 0 heterocycles. The molecule has 0 saturated carbocycles. The lowest BCUT2D eigenvalue weighted by Gasteiger charge is -1.81. The maximum Gasteiger partial charge on any atom is 0.189 e. The van der Waals surface area contributed by atoms with Gasteiger partial charge in [0, 0.05) is 0 Å². The van der Waals surface area contributed by atoms with E-state index in [0.717, 1.165) is 0 Å². The first kappa shape index (κ1) is 5.38. The summed E-state index contributed by atoms with van der Waals surface area (Å²) in [5.41, 5.74) is 0.